The fourth-order valence-corrected chi connectivity index (χ4v) is 3.61. The molecule has 3 aromatic rings. The summed E-state index contributed by atoms with van der Waals surface area (Å²) in [6.45, 7) is 3.59. The predicted molar refractivity (Wildman–Crippen MR) is 105 cm³/mol. The van der Waals surface area contributed by atoms with Crippen molar-refractivity contribution in [1.29, 1.82) is 0 Å². The second-order valence-corrected chi connectivity index (χ2v) is 7.65. The first-order chi connectivity index (χ1) is 13.0. The van der Waals surface area contributed by atoms with Crippen LogP contribution in [0.4, 0.5) is 0 Å². The highest BCUT2D eigenvalue weighted by Gasteiger charge is 2.14. The van der Waals surface area contributed by atoms with Gasteiger partial charge in [-0.25, -0.2) is 4.98 Å². The number of hydrogen-bond acceptors (Lipinski definition) is 5. The molecule has 0 saturated heterocycles. The third-order valence-electron chi connectivity index (χ3n) is 4.05. The van der Waals surface area contributed by atoms with Crippen LogP contribution in [0.3, 0.4) is 0 Å². The molecule has 27 heavy (non-hydrogen) atoms. The fraction of sp³-hybridized carbons (Fsp3) is 0.238. The summed E-state index contributed by atoms with van der Waals surface area (Å²) in [4.78, 5) is 16.1. The Labute approximate surface area is 160 Å². The van der Waals surface area contributed by atoms with Crippen molar-refractivity contribution in [2.45, 2.75) is 19.6 Å². The molecule has 0 saturated carbocycles. The van der Waals surface area contributed by atoms with Crippen molar-refractivity contribution >= 4 is 16.6 Å². The molecule has 0 N–H and O–H groups in total. The Kier molecular flexibility index (Phi) is 6.19. The van der Waals surface area contributed by atoms with E-state index in [0.717, 1.165) is 5.56 Å². The minimum atomic E-state index is -1.15. The van der Waals surface area contributed by atoms with Gasteiger partial charge < -0.3 is 9.15 Å². The number of Topliss-reactive ketones (excluding diaryl/α,β-unsaturated/α-hetero) is 1. The summed E-state index contributed by atoms with van der Waals surface area (Å²) in [5.74, 6) is 2.32. The van der Waals surface area contributed by atoms with Crippen molar-refractivity contribution < 1.29 is 18.2 Å². The second kappa shape index (κ2) is 8.77. The van der Waals surface area contributed by atoms with Gasteiger partial charge in [0.2, 0.25) is 5.89 Å². The predicted octanol–water partition coefficient (Wildman–Crippen LogP) is 4.18. The average molecular weight is 383 g/mol. The van der Waals surface area contributed by atoms with Gasteiger partial charge in [0.15, 0.2) is 5.78 Å². The number of benzene rings is 2. The minimum Gasteiger partial charge on any atom is -0.492 e. The van der Waals surface area contributed by atoms with Gasteiger partial charge >= 0.3 is 0 Å². The Bertz CT molecular complexity index is 950. The Hall–Kier alpha value is -2.73. The van der Waals surface area contributed by atoms with Crippen LogP contribution >= 0.6 is 0 Å². The zero-order valence-corrected chi connectivity index (χ0v) is 16.1. The Morgan fingerprint density at radius 1 is 1.11 bits per heavy atom. The summed E-state index contributed by atoms with van der Waals surface area (Å²) in [6.07, 6.45) is 0. The number of hydrogen-bond donors (Lipinski definition) is 0. The number of aromatic nitrogens is 1. The molecule has 0 spiro atoms. The Balaban J connectivity index is 1.58. The monoisotopic (exact) mass is 383 g/mol. The first-order valence-corrected chi connectivity index (χ1v) is 10.1. The Morgan fingerprint density at radius 3 is 2.56 bits per heavy atom. The van der Waals surface area contributed by atoms with Gasteiger partial charge in [-0.15, -0.1) is 0 Å². The largest absolute Gasteiger partial charge is 0.492 e. The van der Waals surface area contributed by atoms with Gasteiger partial charge in [0.05, 0.1) is 29.4 Å². The zero-order valence-electron chi connectivity index (χ0n) is 15.3. The van der Waals surface area contributed by atoms with E-state index in [9.17, 15) is 9.00 Å². The lowest BCUT2D eigenvalue weighted by Crippen LogP contribution is -2.12. The standard InChI is InChI=1S/C21H21NO4S/c1-15(23)18-10-6-7-11-20(18)25-12-13-27(24)14-19-16(2)26-21(22-19)17-8-4-3-5-9-17/h3-11H,12-14H2,1-2H3/t27-/m0/s1. The van der Waals surface area contributed by atoms with Gasteiger partial charge in [-0.2, -0.15) is 0 Å². The van der Waals surface area contributed by atoms with Crippen LogP contribution in [0.15, 0.2) is 59.0 Å². The molecule has 1 aromatic heterocycles. The van der Waals surface area contributed by atoms with Gasteiger partial charge in [0.25, 0.3) is 0 Å². The second-order valence-electron chi connectivity index (χ2n) is 6.08. The maximum absolute atomic E-state index is 12.4. The van der Waals surface area contributed by atoms with Crippen molar-refractivity contribution in [3.05, 3.63) is 71.6 Å². The molecule has 0 unspecified atom stereocenters. The molecule has 6 heteroatoms. The van der Waals surface area contributed by atoms with Crippen LogP contribution in [0.2, 0.25) is 0 Å². The molecule has 1 heterocycles. The quantitative estimate of drug-likeness (QED) is 0.546. The first kappa shape index (κ1) is 19.0. The van der Waals surface area contributed by atoms with Gasteiger partial charge in [-0.3, -0.25) is 9.00 Å². The van der Waals surface area contributed by atoms with Crippen molar-refractivity contribution in [2.24, 2.45) is 0 Å². The van der Waals surface area contributed by atoms with Crippen LogP contribution in [0.1, 0.15) is 28.7 Å². The normalized spacial score (nSPS) is 11.9. The number of carbonyl (C=O) groups excluding carboxylic acids is 1. The maximum Gasteiger partial charge on any atom is 0.226 e. The van der Waals surface area contributed by atoms with E-state index in [1.165, 1.54) is 6.92 Å². The van der Waals surface area contributed by atoms with Crippen LogP contribution in [0, 0.1) is 6.92 Å². The highest BCUT2D eigenvalue weighted by Crippen LogP contribution is 2.22. The van der Waals surface area contributed by atoms with Gasteiger partial charge in [-0.1, -0.05) is 30.3 Å². The van der Waals surface area contributed by atoms with Gasteiger partial charge in [-0.05, 0) is 38.1 Å². The number of ether oxygens (including phenoxy) is 1. The molecule has 0 aliphatic heterocycles. The number of aryl methyl sites for hydroxylation is 1. The topological polar surface area (TPSA) is 69.4 Å². The summed E-state index contributed by atoms with van der Waals surface area (Å²) in [5.41, 5.74) is 2.11. The molecular formula is C21H21NO4S. The summed E-state index contributed by atoms with van der Waals surface area (Å²) >= 11 is 0. The van der Waals surface area contributed by atoms with Crippen LogP contribution in [-0.2, 0) is 16.6 Å². The zero-order chi connectivity index (χ0) is 19.2. The van der Waals surface area contributed by atoms with Gasteiger partial charge in [0, 0.05) is 16.4 Å². The number of nitrogens with zero attached hydrogens (tertiary/aromatic N) is 1. The minimum absolute atomic E-state index is 0.0571. The number of carbonyl (C=O) groups is 1. The lowest BCUT2D eigenvalue weighted by Gasteiger charge is -2.09. The number of oxazole rings is 1. The fourth-order valence-electron chi connectivity index (χ4n) is 2.62. The maximum atomic E-state index is 12.4. The van der Waals surface area contributed by atoms with Crippen molar-refractivity contribution in [3.63, 3.8) is 0 Å². The molecule has 3 rings (SSSR count). The molecule has 0 aliphatic carbocycles. The molecule has 140 valence electrons. The Morgan fingerprint density at radius 2 is 1.81 bits per heavy atom. The van der Waals surface area contributed by atoms with Crippen molar-refractivity contribution in [1.82, 2.24) is 4.98 Å². The molecule has 0 bridgehead atoms. The van der Waals surface area contributed by atoms with E-state index in [2.05, 4.69) is 4.98 Å². The number of ketones is 1. The molecule has 0 aliphatic rings. The SMILES string of the molecule is CC(=O)c1ccccc1OCC[S@](=O)Cc1nc(-c2ccccc2)oc1C. The summed E-state index contributed by atoms with van der Waals surface area (Å²) in [5, 5.41) is 0. The smallest absolute Gasteiger partial charge is 0.226 e. The summed E-state index contributed by atoms with van der Waals surface area (Å²) in [6, 6.07) is 16.7. The molecule has 2 aromatic carbocycles. The van der Waals surface area contributed by atoms with Crippen molar-refractivity contribution in [3.8, 4) is 17.2 Å². The molecular weight excluding hydrogens is 362 g/mol. The van der Waals surface area contributed by atoms with E-state index in [0.29, 0.717) is 40.2 Å². The molecule has 1 atom stereocenters. The molecule has 0 radical (unpaired) electrons. The van der Waals surface area contributed by atoms with Crippen LogP contribution in [-0.4, -0.2) is 27.3 Å². The average Bonchev–Trinajstić information content (AvgIpc) is 3.03. The molecule has 0 amide bonds. The van der Waals surface area contributed by atoms with Crippen LogP contribution < -0.4 is 4.74 Å². The number of rotatable bonds is 8. The molecule has 5 nitrogen and oxygen atoms in total. The van der Waals surface area contributed by atoms with E-state index in [1.54, 1.807) is 18.2 Å². The van der Waals surface area contributed by atoms with E-state index < -0.39 is 10.8 Å². The third-order valence-corrected chi connectivity index (χ3v) is 5.26. The van der Waals surface area contributed by atoms with E-state index in [1.807, 2.05) is 43.3 Å². The van der Waals surface area contributed by atoms with E-state index >= 15 is 0 Å². The van der Waals surface area contributed by atoms with Crippen molar-refractivity contribution in [2.75, 3.05) is 12.4 Å². The molecule has 0 fully saturated rings. The summed E-state index contributed by atoms with van der Waals surface area (Å²) < 4.78 is 23.8. The van der Waals surface area contributed by atoms with E-state index in [-0.39, 0.29) is 12.4 Å². The highest BCUT2D eigenvalue weighted by molar-refractivity contribution is 7.84. The van der Waals surface area contributed by atoms with Crippen LogP contribution in [0.5, 0.6) is 5.75 Å². The third kappa shape index (κ3) is 4.92. The lowest BCUT2D eigenvalue weighted by molar-refractivity contribution is 0.101. The summed E-state index contributed by atoms with van der Waals surface area (Å²) in [7, 11) is -1.15. The van der Waals surface area contributed by atoms with Gasteiger partial charge in [0.1, 0.15) is 11.5 Å². The highest BCUT2D eigenvalue weighted by atomic mass is 32.2. The van der Waals surface area contributed by atoms with Crippen LogP contribution in [0.25, 0.3) is 11.5 Å². The first-order valence-electron chi connectivity index (χ1n) is 8.64. The van der Waals surface area contributed by atoms with E-state index in [4.69, 9.17) is 9.15 Å². The lowest BCUT2D eigenvalue weighted by atomic mass is 10.1. The number of para-hydroxylation sites is 1.